The van der Waals surface area contributed by atoms with Crippen molar-refractivity contribution in [1.29, 1.82) is 0 Å². The average Bonchev–Trinajstić information content (AvgIpc) is 3.19. The molecule has 0 radical (unpaired) electrons. The number of hydrogen-bond acceptors (Lipinski definition) is 5. The van der Waals surface area contributed by atoms with Gasteiger partial charge in [-0.15, -0.1) is 5.10 Å². The maximum atomic E-state index is 12.1. The van der Waals surface area contributed by atoms with Gasteiger partial charge in [0.1, 0.15) is 0 Å². The number of benzene rings is 1. The number of imidazole rings is 1. The fourth-order valence-electron chi connectivity index (χ4n) is 2.66. The van der Waals surface area contributed by atoms with Gasteiger partial charge in [0.2, 0.25) is 17.6 Å². The van der Waals surface area contributed by atoms with E-state index in [1.807, 2.05) is 28.7 Å². The first-order chi connectivity index (χ1) is 10.7. The molecule has 112 valence electrons. The monoisotopic (exact) mass is 315 g/mol. The van der Waals surface area contributed by atoms with E-state index in [0.29, 0.717) is 23.9 Å². The minimum Gasteiger partial charge on any atom is -0.282 e. The molecule has 0 saturated carbocycles. The number of hydrogen-bond donors (Lipinski definition) is 1. The van der Waals surface area contributed by atoms with Crippen LogP contribution in [0.3, 0.4) is 0 Å². The Morgan fingerprint density at radius 1 is 1.36 bits per heavy atom. The summed E-state index contributed by atoms with van der Waals surface area (Å²) in [7, 11) is 0. The highest BCUT2D eigenvalue weighted by molar-refractivity contribution is 7.99. The zero-order valence-corrected chi connectivity index (χ0v) is 12.5. The Bertz CT molecular complexity index is 884. The molecule has 3 heterocycles. The Labute approximate surface area is 129 Å². The third-order valence-corrected chi connectivity index (χ3v) is 4.63. The molecule has 0 unspecified atom stereocenters. The van der Waals surface area contributed by atoms with E-state index in [9.17, 15) is 9.59 Å². The smallest absolute Gasteiger partial charge is 0.239 e. The van der Waals surface area contributed by atoms with Crippen LogP contribution in [-0.4, -0.2) is 48.6 Å². The summed E-state index contributed by atoms with van der Waals surface area (Å²) in [5.74, 6) is 0.602. The van der Waals surface area contributed by atoms with Crippen molar-refractivity contribution in [3.05, 3.63) is 24.3 Å². The number of thioether (sulfide) groups is 1. The Morgan fingerprint density at radius 2 is 2.23 bits per heavy atom. The number of para-hydroxylation sites is 2. The van der Waals surface area contributed by atoms with E-state index in [1.165, 1.54) is 16.7 Å². The summed E-state index contributed by atoms with van der Waals surface area (Å²) in [6.07, 6.45) is 1.23. The Balaban J connectivity index is 1.59. The summed E-state index contributed by atoms with van der Waals surface area (Å²) in [6, 6.07) is 7.75. The van der Waals surface area contributed by atoms with Crippen LogP contribution in [0.5, 0.6) is 0 Å². The third kappa shape index (κ3) is 2.07. The first-order valence-electron chi connectivity index (χ1n) is 7.01. The molecule has 4 rings (SSSR count). The normalized spacial score (nSPS) is 15.3. The van der Waals surface area contributed by atoms with E-state index in [4.69, 9.17) is 0 Å². The number of imide groups is 1. The van der Waals surface area contributed by atoms with Crippen LogP contribution in [0.25, 0.3) is 16.8 Å². The number of nitrogens with one attached hydrogen (secondary N) is 1. The van der Waals surface area contributed by atoms with Gasteiger partial charge in [0, 0.05) is 13.0 Å². The number of carbonyl (C=O) groups is 2. The molecule has 1 fully saturated rings. The van der Waals surface area contributed by atoms with Gasteiger partial charge in [0.15, 0.2) is 5.16 Å². The molecule has 22 heavy (non-hydrogen) atoms. The second-order valence-corrected chi connectivity index (χ2v) is 6.04. The van der Waals surface area contributed by atoms with Crippen LogP contribution in [0, 0.1) is 0 Å². The van der Waals surface area contributed by atoms with Gasteiger partial charge in [-0.25, -0.2) is 10.1 Å². The number of aromatic nitrogens is 4. The maximum Gasteiger partial charge on any atom is 0.239 e. The first-order valence-corrected chi connectivity index (χ1v) is 8.00. The minimum atomic E-state index is -0.159. The van der Waals surface area contributed by atoms with E-state index in [1.54, 1.807) is 0 Å². The lowest BCUT2D eigenvalue weighted by molar-refractivity contribution is -0.140. The molecule has 7 nitrogen and oxygen atoms in total. The minimum absolute atomic E-state index is 0.0779. The van der Waals surface area contributed by atoms with Crippen molar-refractivity contribution in [3.63, 3.8) is 0 Å². The molecule has 3 aromatic rings. The quantitative estimate of drug-likeness (QED) is 0.740. The second-order valence-electron chi connectivity index (χ2n) is 5.10. The predicted molar refractivity (Wildman–Crippen MR) is 81.5 cm³/mol. The lowest BCUT2D eigenvalue weighted by atomic mass is 10.3. The van der Waals surface area contributed by atoms with E-state index >= 15 is 0 Å². The Kier molecular flexibility index (Phi) is 3.11. The van der Waals surface area contributed by atoms with Gasteiger partial charge in [-0.05, 0) is 18.6 Å². The summed E-state index contributed by atoms with van der Waals surface area (Å²) in [4.78, 5) is 29.5. The van der Waals surface area contributed by atoms with Gasteiger partial charge in [-0.1, -0.05) is 23.9 Å². The van der Waals surface area contributed by atoms with Crippen molar-refractivity contribution >= 4 is 40.4 Å². The highest BCUT2D eigenvalue weighted by Crippen LogP contribution is 2.23. The van der Waals surface area contributed by atoms with Crippen molar-refractivity contribution in [1.82, 2.24) is 24.5 Å². The molecule has 2 amide bonds. The van der Waals surface area contributed by atoms with E-state index < -0.39 is 0 Å². The van der Waals surface area contributed by atoms with Crippen LogP contribution >= 0.6 is 11.8 Å². The molecule has 0 bridgehead atoms. The van der Waals surface area contributed by atoms with Crippen LogP contribution in [-0.2, 0) is 9.59 Å². The molecule has 0 spiro atoms. The largest absolute Gasteiger partial charge is 0.282 e. The molecule has 0 atom stereocenters. The number of nitrogens with zero attached hydrogens (tertiary/aromatic N) is 4. The number of rotatable bonds is 3. The van der Waals surface area contributed by atoms with Gasteiger partial charge in [-0.3, -0.25) is 18.9 Å². The maximum absolute atomic E-state index is 12.1. The molecule has 0 aliphatic carbocycles. The van der Waals surface area contributed by atoms with Gasteiger partial charge in [0.05, 0.1) is 16.8 Å². The number of fused-ring (bicyclic) bond motifs is 3. The molecule has 1 aliphatic heterocycles. The van der Waals surface area contributed by atoms with Crippen LogP contribution in [0.2, 0.25) is 0 Å². The fraction of sp³-hybridized carbons (Fsp3) is 0.286. The standard InChI is InChI=1S/C14H13N5O2S/c20-11-6-3-7-18(11)12(21)8-22-14-17-16-13-15-9-4-1-2-5-10(9)19(13)14/h1-2,4-5H,3,6-8H2,(H,15,16). The number of aromatic amines is 1. The zero-order valence-electron chi connectivity index (χ0n) is 11.7. The summed E-state index contributed by atoms with van der Waals surface area (Å²) in [5.41, 5.74) is 1.82. The molecule has 8 heteroatoms. The number of H-pyrrole nitrogens is 1. The highest BCUT2D eigenvalue weighted by Gasteiger charge is 2.26. The van der Waals surface area contributed by atoms with Gasteiger partial charge >= 0.3 is 0 Å². The molecule has 2 aromatic heterocycles. The van der Waals surface area contributed by atoms with Crippen molar-refractivity contribution in [2.24, 2.45) is 0 Å². The summed E-state index contributed by atoms with van der Waals surface area (Å²) in [5, 5.41) is 7.74. The molecule has 1 aliphatic rings. The van der Waals surface area contributed by atoms with Crippen molar-refractivity contribution < 1.29 is 9.59 Å². The van der Waals surface area contributed by atoms with Crippen LogP contribution in [0.15, 0.2) is 29.4 Å². The van der Waals surface area contributed by atoms with Crippen molar-refractivity contribution in [2.45, 2.75) is 18.0 Å². The topological polar surface area (TPSA) is 83.4 Å². The first kappa shape index (κ1) is 13.3. The van der Waals surface area contributed by atoms with Crippen LogP contribution in [0.1, 0.15) is 12.8 Å². The fourth-order valence-corrected chi connectivity index (χ4v) is 3.49. The van der Waals surface area contributed by atoms with Gasteiger partial charge in [-0.2, -0.15) is 0 Å². The number of carbonyl (C=O) groups excluding carboxylic acids is 2. The van der Waals surface area contributed by atoms with E-state index in [-0.39, 0.29) is 17.6 Å². The lowest BCUT2D eigenvalue weighted by Crippen LogP contribution is -2.33. The van der Waals surface area contributed by atoms with E-state index in [0.717, 1.165) is 17.5 Å². The summed E-state index contributed by atoms with van der Waals surface area (Å²) < 4.78 is 1.89. The van der Waals surface area contributed by atoms with Crippen LogP contribution in [0.4, 0.5) is 0 Å². The van der Waals surface area contributed by atoms with Crippen LogP contribution < -0.4 is 0 Å². The highest BCUT2D eigenvalue weighted by atomic mass is 32.2. The predicted octanol–water partition coefficient (Wildman–Crippen LogP) is 1.45. The molecule has 1 aromatic carbocycles. The summed E-state index contributed by atoms with van der Waals surface area (Å²) >= 11 is 1.31. The zero-order chi connectivity index (χ0) is 15.1. The summed E-state index contributed by atoms with van der Waals surface area (Å²) in [6.45, 7) is 0.530. The Hall–Kier alpha value is -2.35. The van der Waals surface area contributed by atoms with Crippen molar-refractivity contribution in [2.75, 3.05) is 12.3 Å². The van der Waals surface area contributed by atoms with Crippen molar-refractivity contribution in [3.8, 4) is 0 Å². The second kappa shape index (κ2) is 5.13. The number of likely N-dealkylation sites (tertiary alicyclic amines) is 1. The molecule has 1 saturated heterocycles. The SMILES string of the molecule is O=C1CCCN1C(=O)CSc1n[nH]c2nc3ccccc3n12. The Morgan fingerprint density at radius 3 is 3.05 bits per heavy atom. The lowest BCUT2D eigenvalue weighted by Gasteiger charge is -2.12. The van der Waals surface area contributed by atoms with Gasteiger partial charge < -0.3 is 0 Å². The van der Waals surface area contributed by atoms with Gasteiger partial charge in [0.25, 0.3) is 0 Å². The molecular weight excluding hydrogens is 302 g/mol. The average molecular weight is 315 g/mol. The molecule has 1 N–H and O–H groups in total. The molecular formula is C14H13N5O2S. The number of amides is 2. The van der Waals surface area contributed by atoms with E-state index in [2.05, 4.69) is 15.2 Å². The third-order valence-electron chi connectivity index (χ3n) is 3.70.